The number of methoxy groups -OCH3 is 2. The molecule has 21 heavy (non-hydrogen) atoms. The molecule has 0 saturated carbocycles. The lowest BCUT2D eigenvalue weighted by Crippen LogP contribution is -2.42. The van der Waals surface area contributed by atoms with Gasteiger partial charge in [-0.2, -0.15) is 13.2 Å². The second kappa shape index (κ2) is 7.16. The molecule has 0 heterocycles. The van der Waals surface area contributed by atoms with Gasteiger partial charge < -0.3 is 20.1 Å². The van der Waals surface area contributed by atoms with E-state index in [9.17, 15) is 18.0 Å². The Morgan fingerprint density at radius 1 is 1.24 bits per heavy atom. The van der Waals surface area contributed by atoms with Crippen molar-refractivity contribution in [2.75, 3.05) is 33.9 Å². The molecule has 0 atom stereocenters. The fraction of sp³-hybridized carbons (Fsp3) is 0.462. The van der Waals surface area contributed by atoms with Crippen molar-refractivity contribution < 1.29 is 27.4 Å². The summed E-state index contributed by atoms with van der Waals surface area (Å²) < 4.78 is 47.8. The molecule has 0 aliphatic rings. The number of alkyl halides is 3. The minimum absolute atomic E-state index is 0.0554. The van der Waals surface area contributed by atoms with Gasteiger partial charge in [-0.1, -0.05) is 6.07 Å². The van der Waals surface area contributed by atoms with Crippen molar-refractivity contribution in [3.63, 3.8) is 0 Å². The molecule has 1 amide bonds. The van der Waals surface area contributed by atoms with Gasteiger partial charge in [0.1, 0.15) is 23.6 Å². The van der Waals surface area contributed by atoms with Gasteiger partial charge >= 0.3 is 6.18 Å². The predicted molar refractivity (Wildman–Crippen MR) is 70.6 cm³/mol. The van der Waals surface area contributed by atoms with Gasteiger partial charge in [0.25, 0.3) is 5.91 Å². The van der Waals surface area contributed by atoms with Crippen molar-refractivity contribution in [2.45, 2.75) is 6.18 Å². The van der Waals surface area contributed by atoms with Crippen molar-refractivity contribution in [3.05, 3.63) is 23.8 Å². The molecule has 0 bridgehead atoms. The number of carbonyl (C=O) groups excluding carboxylic acids is 1. The number of carbonyl (C=O) groups is 1. The van der Waals surface area contributed by atoms with Crippen LogP contribution >= 0.6 is 0 Å². The van der Waals surface area contributed by atoms with Gasteiger partial charge in [-0.3, -0.25) is 4.79 Å². The summed E-state index contributed by atoms with van der Waals surface area (Å²) in [6.45, 7) is -1.69. The summed E-state index contributed by atoms with van der Waals surface area (Å²) in [5.41, 5.74) is 5.23. The Balaban J connectivity index is 3.19. The van der Waals surface area contributed by atoms with Gasteiger partial charge in [-0.05, 0) is 12.1 Å². The highest BCUT2D eigenvalue weighted by Gasteiger charge is 2.34. The van der Waals surface area contributed by atoms with E-state index < -0.39 is 18.6 Å². The minimum Gasteiger partial charge on any atom is -0.496 e. The Morgan fingerprint density at radius 3 is 2.14 bits per heavy atom. The number of halogens is 3. The molecule has 5 nitrogen and oxygen atoms in total. The summed E-state index contributed by atoms with van der Waals surface area (Å²) in [6, 6.07) is 4.53. The zero-order valence-corrected chi connectivity index (χ0v) is 11.7. The summed E-state index contributed by atoms with van der Waals surface area (Å²) in [4.78, 5) is 13.0. The number of nitrogens with two attached hydrogens (primary N) is 1. The van der Waals surface area contributed by atoms with E-state index in [-0.39, 0.29) is 30.2 Å². The summed E-state index contributed by atoms with van der Waals surface area (Å²) >= 11 is 0. The highest BCUT2D eigenvalue weighted by atomic mass is 19.4. The van der Waals surface area contributed by atoms with Crippen molar-refractivity contribution >= 4 is 5.91 Å². The number of benzene rings is 1. The molecule has 0 aliphatic heterocycles. The summed E-state index contributed by atoms with van der Waals surface area (Å²) in [6.07, 6.45) is -4.51. The van der Waals surface area contributed by atoms with Crippen LogP contribution in [0.5, 0.6) is 11.5 Å². The molecule has 1 rings (SSSR count). The zero-order chi connectivity index (χ0) is 16.0. The number of amides is 1. The molecule has 0 aromatic heterocycles. The summed E-state index contributed by atoms with van der Waals surface area (Å²) in [5.74, 6) is -0.556. The summed E-state index contributed by atoms with van der Waals surface area (Å²) in [5, 5.41) is 0. The Bertz CT molecular complexity index is 470. The Hall–Kier alpha value is -1.96. The second-order valence-corrected chi connectivity index (χ2v) is 4.17. The molecular formula is C13H17F3N2O3. The van der Waals surface area contributed by atoms with Crippen LogP contribution in [0.15, 0.2) is 18.2 Å². The molecule has 8 heteroatoms. The smallest absolute Gasteiger partial charge is 0.406 e. The maximum Gasteiger partial charge on any atom is 0.406 e. The van der Waals surface area contributed by atoms with Crippen LogP contribution in [0.25, 0.3) is 0 Å². The van der Waals surface area contributed by atoms with Crippen LogP contribution in [-0.4, -0.2) is 50.8 Å². The van der Waals surface area contributed by atoms with Gasteiger partial charge in [0.15, 0.2) is 0 Å². The number of rotatable bonds is 6. The molecular weight excluding hydrogens is 289 g/mol. The standard InChI is InChI=1S/C13H17F3N2O3/c1-20-9-4-3-5-10(21-2)11(9)12(19)18(7-6-17)8-13(14,15)16/h3-5H,6-8,17H2,1-2H3. The molecule has 2 N–H and O–H groups in total. The van der Waals surface area contributed by atoms with Crippen LogP contribution in [0.1, 0.15) is 10.4 Å². The first-order chi connectivity index (χ1) is 9.84. The molecule has 0 fully saturated rings. The molecule has 0 aliphatic carbocycles. The first kappa shape index (κ1) is 17.1. The van der Waals surface area contributed by atoms with E-state index in [2.05, 4.69) is 0 Å². The molecule has 118 valence electrons. The number of ether oxygens (including phenoxy) is 2. The van der Waals surface area contributed by atoms with Crippen molar-refractivity contribution in [1.29, 1.82) is 0 Å². The Kier molecular flexibility index (Phi) is 5.83. The monoisotopic (exact) mass is 306 g/mol. The Labute approximate surface area is 120 Å². The SMILES string of the molecule is COc1cccc(OC)c1C(=O)N(CCN)CC(F)(F)F. The lowest BCUT2D eigenvalue weighted by Gasteiger charge is -2.25. The fourth-order valence-electron chi connectivity index (χ4n) is 1.84. The van der Waals surface area contributed by atoms with Gasteiger partial charge in [-0.15, -0.1) is 0 Å². The summed E-state index contributed by atoms with van der Waals surface area (Å²) in [7, 11) is 2.64. The van der Waals surface area contributed by atoms with E-state index in [0.717, 1.165) is 0 Å². The first-order valence-corrected chi connectivity index (χ1v) is 6.11. The van der Waals surface area contributed by atoms with E-state index in [0.29, 0.717) is 4.90 Å². The third-order valence-electron chi connectivity index (χ3n) is 2.70. The molecule has 0 spiro atoms. The van der Waals surface area contributed by atoms with E-state index in [1.807, 2.05) is 0 Å². The van der Waals surface area contributed by atoms with Crippen molar-refractivity contribution in [2.24, 2.45) is 5.73 Å². The quantitative estimate of drug-likeness (QED) is 0.868. The largest absolute Gasteiger partial charge is 0.496 e. The number of hydrogen-bond acceptors (Lipinski definition) is 4. The van der Waals surface area contributed by atoms with Gasteiger partial charge in [-0.25, -0.2) is 0 Å². The fourth-order valence-corrected chi connectivity index (χ4v) is 1.84. The highest BCUT2D eigenvalue weighted by molar-refractivity contribution is 5.99. The second-order valence-electron chi connectivity index (χ2n) is 4.17. The zero-order valence-electron chi connectivity index (χ0n) is 11.7. The predicted octanol–water partition coefficient (Wildman–Crippen LogP) is 1.67. The third kappa shape index (κ3) is 4.52. The molecule has 0 saturated heterocycles. The van der Waals surface area contributed by atoms with Crippen molar-refractivity contribution in [1.82, 2.24) is 4.90 Å². The molecule has 1 aromatic rings. The number of hydrogen-bond donors (Lipinski definition) is 1. The average molecular weight is 306 g/mol. The Morgan fingerprint density at radius 2 is 1.76 bits per heavy atom. The molecule has 0 radical (unpaired) electrons. The minimum atomic E-state index is -4.51. The van der Waals surface area contributed by atoms with Crippen LogP contribution in [-0.2, 0) is 0 Å². The average Bonchev–Trinajstić information content (AvgIpc) is 2.43. The van der Waals surface area contributed by atoms with Crippen molar-refractivity contribution in [3.8, 4) is 11.5 Å². The van der Waals surface area contributed by atoms with Crippen LogP contribution in [0.4, 0.5) is 13.2 Å². The lowest BCUT2D eigenvalue weighted by atomic mass is 10.1. The van der Waals surface area contributed by atoms with E-state index in [4.69, 9.17) is 15.2 Å². The van der Waals surface area contributed by atoms with Crippen LogP contribution in [0, 0.1) is 0 Å². The normalized spacial score (nSPS) is 11.1. The topological polar surface area (TPSA) is 64.8 Å². The highest BCUT2D eigenvalue weighted by Crippen LogP contribution is 2.30. The number of nitrogens with zero attached hydrogens (tertiary/aromatic N) is 1. The van der Waals surface area contributed by atoms with Gasteiger partial charge in [0.05, 0.1) is 14.2 Å². The maximum absolute atomic E-state index is 12.6. The van der Waals surface area contributed by atoms with E-state index in [1.165, 1.54) is 26.4 Å². The van der Waals surface area contributed by atoms with Crippen LogP contribution in [0.2, 0.25) is 0 Å². The maximum atomic E-state index is 12.6. The van der Waals surface area contributed by atoms with Crippen LogP contribution < -0.4 is 15.2 Å². The first-order valence-electron chi connectivity index (χ1n) is 6.11. The van der Waals surface area contributed by atoms with Gasteiger partial charge in [0, 0.05) is 13.1 Å². The molecule has 0 unspecified atom stereocenters. The van der Waals surface area contributed by atoms with E-state index >= 15 is 0 Å². The van der Waals surface area contributed by atoms with Crippen LogP contribution in [0.3, 0.4) is 0 Å². The molecule has 1 aromatic carbocycles. The third-order valence-corrected chi connectivity index (χ3v) is 2.70. The lowest BCUT2D eigenvalue weighted by molar-refractivity contribution is -0.140. The van der Waals surface area contributed by atoms with E-state index in [1.54, 1.807) is 6.07 Å². The van der Waals surface area contributed by atoms with Gasteiger partial charge in [0.2, 0.25) is 0 Å².